The van der Waals surface area contributed by atoms with E-state index in [-0.39, 0.29) is 48.8 Å². The van der Waals surface area contributed by atoms with Gasteiger partial charge < -0.3 is 10.2 Å². The fourth-order valence-electron chi connectivity index (χ4n) is 8.79. The molecule has 0 radical (unpaired) electrons. The summed E-state index contributed by atoms with van der Waals surface area (Å²) in [5.74, 6) is -5.39. The van der Waals surface area contributed by atoms with Crippen LogP contribution >= 0.6 is 11.6 Å². The van der Waals surface area contributed by atoms with Crippen molar-refractivity contribution in [1.29, 1.82) is 0 Å². The van der Waals surface area contributed by atoms with E-state index in [1.54, 1.807) is 48.5 Å². The number of phenolic OH excluding ortho intramolecular Hbond substituents is 1. The molecule has 2 aliphatic heterocycles. The van der Waals surface area contributed by atoms with Gasteiger partial charge in [0, 0.05) is 23.9 Å². The number of benzene rings is 3. The number of halogens is 1. The Labute approximate surface area is 282 Å². The Kier molecular flexibility index (Phi) is 8.19. The van der Waals surface area contributed by atoms with Gasteiger partial charge in [0.25, 0.3) is 0 Å². The van der Waals surface area contributed by atoms with Crippen LogP contribution in [0, 0.1) is 23.7 Å². The van der Waals surface area contributed by atoms with Crippen LogP contribution in [0.3, 0.4) is 0 Å². The zero-order valence-electron chi connectivity index (χ0n) is 26.1. The molecule has 7 rings (SSSR count). The van der Waals surface area contributed by atoms with Crippen LogP contribution in [-0.4, -0.2) is 51.3 Å². The smallest absolute Gasteiger partial charge is 0.303 e. The lowest BCUT2D eigenvalue weighted by molar-refractivity contribution is -0.141. The highest BCUT2D eigenvalue weighted by Gasteiger charge is 2.70. The number of carboxylic acid groups (broad SMARTS) is 1. The Bertz CT molecular complexity index is 1840. The summed E-state index contributed by atoms with van der Waals surface area (Å²) in [6.07, 6.45) is 4.10. The fourth-order valence-corrected chi connectivity index (χ4v) is 8.98. The molecule has 4 aliphatic rings. The third-order valence-corrected chi connectivity index (χ3v) is 11.0. The Morgan fingerprint density at radius 2 is 1.60 bits per heavy atom. The number of imide groups is 2. The number of rotatable bonds is 9. The SMILES string of the molecule is O=C(O)CCCCCN1C(=O)[C@H]2[C@H](CC=C3[C@H]2C[C@H]2C(=O)N(c4cccc(Cl)c4)C(=O)[C@@]2(c2ccccc2)[C@H]3c2ccc(O)cc2)C1=O. The van der Waals surface area contributed by atoms with Crippen LogP contribution in [0.1, 0.15) is 55.6 Å². The van der Waals surface area contributed by atoms with Gasteiger partial charge in [-0.25, -0.2) is 4.90 Å². The van der Waals surface area contributed by atoms with Gasteiger partial charge in [-0.2, -0.15) is 0 Å². The van der Waals surface area contributed by atoms with Crippen molar-refractivity contribution >= 4 is 46.9 Å². The minimum atomic E-state index is -1.37. The number of unbranched alkanes of at least 4 members (excludes halogenated alkanes) is 2. The Balaban J connectivity index is 1.35. The number of nitrogens with zero attached hydrogens (tertiary/aromatic N) is 2. The van der Waals surface area contributed by atoms with E-state index in [2.05, 4.69) is 0 Å². The number of allylic oxidation sites excluding steroid dienone is 2. The minimum Gasteiger partial charge on any atom is -0.508 e. The predicted molar refractivity (Wildman–Crippen MR) is 177 cm³/mol. The van der Waals surface area contributed by atoms with Crippen LogP contribution in [0.15, 0.2) is 90.5 Å². The van der Waals surface area contributed by atoms with Crippen LogP contribution in [-0.2, 0) is 29.4 Å². The third-order valence-electron chi connectivity index (χ3n) is 10.8. The maximum absolute atomic E-state index is 15.1. The highest BCUT2D eigenvalue weighted by molar-refractivity contribution is 6.32. The number of likely N-dealkylation sites (tertiary alicyclic amines) is 1. The molecule has 2 saturated heterocycles. The van der Waals surface area contributed by atoms with E-state index >= 15 is 4.79 Å². The molecular weight excluding hydrogens is 632 g/mol. The van der Waals surface area contributed by atoms with Gasteiger partial charge in [0.1, 0.15) is 5.75 Å². The Morgan fingerprint density at radius 3 is 2.31 bits per heavy atom. The zero-order chi connectivity index (χ0) is 33.7. The second-order valence-corrected chi connectivity index (χ2v) is 13.7. The number of carbonyl (C=O) groups excluding carboxylic acids is 4. The lowest BCUT2D eigenvalue weighted by Gasteiger charge is -2.50. The molecule has 3 fully saturated rings. The van der Waals surface area contributed by atoms with E-state index in [1.807, 2.05) is 36.4 Å². The van der Waals surface area contributed by atoms with Gasteiger partial charge in [-0.1, -0.05) is 78.2 Å². The van der Waals surface area contributed by atoms with E-state index in [0.29, 0.717) is 42.0 Å². The zero-order valence-corrected chi connectivity index (χ0v) is 26.9. The molecule has 0 unspecified atom stereocenters. The number of hydrogen-bond acceptors (Lipinski definition) is 6. The van der Waals surface area contributed by atoms with Crippen molar-refractivity contribution in [2.75, 3.05) is 11.4 Å². The van der Waals surface area contributed by atoms with Crippen molar-refractivity contribution < 1.29 is 34.2 Å². The summed E-state index contributed by atoms with van der Waals surface area (Å²) >= 11 is 6.35. The highest BCUT2D eigenvalue weighted by Crippen LogP contribution is 2.64. The van der Waals surface area contributed by atoms with Crippen LogP contribution < -0.4 is 4.90 Å². The van der Waals surface area contributed by atoms with Gasteiger partial charge >= 0.3 is 5.97 Å². The molecule has 1 saturated carbocycles. The average Bonchev–Trinajstić information content (AvgIpc) is 3.46. The molecule has 10 heteroatoms. The average molecular weight is 667 g/mol. The first kappa shape index (κ1) is 31.8. The van der Waals surface area contributed by atoms with Crippen molar-refractivity contribution in [3.8, 4) is 5.75 Å². The number of phenols is 1. The number of aliphatic carboxylic acids is 1. The van der Waals surface area contributed by atoms with E-state index < -0.39 is 41.0 Å². The number of carboxylic acids is 1. The Hall–Kier alpha value is -4.76. The number of carbonyl (C=O) groups is 5. The van der Waals surface area contributed by atoms with Gasteiger partial charge in [0.2, 0.25) is 23.6 Å². The van der Waals surface area contributed by atoms with E-state index in [9.17, 15) is 24.3 Å². The van der Waals surface area contributed by atoms with Crippen molar-refractivity contribution in [3.05, 3.63) is 107 Å². The van der Waals surface area contributed by atoms with Crippen molar-refractivity contribution in [3.63, 3.8) is 0 Å². The summed E-state index contributed by atoms with van der Waals surface area (Å²) in [6, 6.07) is 22.6. The Morgan fingerprint density at radius 1 is 0.854 bits per heavy atom. The lowest BCUT2D eigenvalue weighted by Crippen LogP contribution is -2.53. The largest absolute Gasteiger partial charge is 0.508 e. The molecule has 0 aromatic heterocycles. The normalized spacial score (nSPS) is 27.9. The molecule has 2 heterocycles. The molecule has 3 aromatic carbocycles. The number of hydrogen-bond donors (Lipinski definition) is 2. The molecule has 0 spiro atoms. The summed E-state index contributed by atoms with van der Waals surface area (Å²) in [5, 5.41) is 19.6. The van der Waals surface area contributed by atoms with Crippen LogP contribution in [0.2, 0.25) is 5.02 Å². The van der Waals surface area contributed by atoms with Crippen molar-refractivity contribution in [2.45, 2.75) is 49.9 Å². The summed E-state index contributed by atoms with van der Waals surface area (Å²) in [6.45, 7) is 0.213. The molecule has 6 atom stereocenters. The minimum absolute atomic E-state index is 0.0324. The van der Waals surface area contributed by atoms with Gasteiger partial charge in [0.15, 0.2) is 0 Å². The fraction of sp³-hybridized carbons (Fsp3) is 0.342. The first-order valence-electron chi connectivity index (χ1n) is 16.4. The molecule has 0 bridgehead atoms. The second-order valence-electron chi connectivity index (χ2n) is 13.2. The van der Waals surface area contributed by atoms with E-state index in [1.165, 1.54) is 9.80 Å². The molecule has 48 heavy (non-hydrogen) atoms. The quantitative estimate of drug-likeness (QED) is 0.166. The topological polar surface area (TPSA) is 132 Å². The van der Waals surface area contributed by atoms with Gasteiger partial charge in [-0.05, 0) is 73.1 Å². The summed E-state index contributed by atoms with van der Waals surface area (Å²) in [5.41, 5.74) is 1.23. The summed E-state index contributed by atoms with van der Waals surface area (Å²) in [7, 11) is 0. The van der Waals surface area contributed by atoms with Crippen LogP contribution in [0.25, 0.3) is 0 Å². The van der Waals surface area contributed by atoms with Gasteiger partial charge in [-0.15, -0.1) is 0 Å². The number of amides is 4. The summed E-state index contributed by atoms with van der Waals surface area (Å²) in [4.78, 5) is 71.2. The summed E-state index contributed by atoms with van der Waals surface area (Å²) < 4.78 is 0. The molecule has 9 nitrogen and oxygen atoms in total. The van der Waals surface area contributed by atoms with E-state index in [0.717, 1.165) is 11.1 Å². The molecule has 4 amide bonds. The van der Waals surface area contributed by atoms with Crippen molar-refractivity contribution in [1.82, 2.24) is 4.90 Å². The molecule has 2 aliphatic carbocycles. The van der Waals surface area contributed by atoms with E-state index in [4.69, 9.17) is 16.7 Å². The molecule has 3 aromatic rings. The van der Waals surface area contributed by atoms with Crippen LogP contribution in [0.5, 0.6) is 5.75 Å². The highest BCUT2D eigenvalue weighted by atomic mass is 35.5. The number of fused-ring (bicyclic) bond motifs is 4. The first-order valence-corrected chi connectivity index (χ1v) is 16.8. The van der Waals surface area contributed by atoms with Crippen LogP contribution in [0.4, 0.5) is 5.69 Å². The van der Waals surface area contributed by atoms with Crippen molar-refractivity contribution in [2.24, 2.45) is 23.7 Å². The second kappa shape index (κ2) is 12.4. The lowest BCUT2D eigenvalue weighted by atomic mass is 9.49. The standard InChI is InChI=1S/C38H35ClN2O7/c39-24-10-7-11-25(20-24)41-35(46)30-21-29-27(17-18-28-32(29)36(47)40(34(28)45)19-6-2-5-12-31(43)44)33(22-13-15-26(42)16-14-22)38(30,37(41)48)23-8-3-1-4-9-23/h1,3-4,7-11,13-17,20,28-30,32-33,42H,2,5-6,12,18-19,21H2,(H,43,44)/t28-,29+,30-,32-,33-,38+/m0/s1. The maximum Gasteiger partial charge on any atom is 0.303 e. The molecule has 2 N–H and O–H groups in total. The monoisotopic (exact) mass is 666 g/mol. The molecule has 246 valence electrons. The molecular formula is C38H35ClN2O7. The third kappa shape index (κ3) is 4.94. The maximum atomic E-state index is 15.1. The predicted octanol–water partition coefficient (Wildman–Crippen LogP) is 5.85. The first-order chi connectivity index (χ1) is 23.1. The van der Waals surface area contributed by atoms with Gasteiger partial charge in [0.05, 0.1) is 28.9 Å². The number of aromatic hydroxyl groups is 1. The number of anilines is 1. The van der Waals surface area contributed by atoms with Gasteiger partial charge in [-0.3, -0.25) is 28.9 Å².